The first-order chi connectivity index (χ1) is 9.75. The molecule has 1 aliphatic carbocycles. The molecule has 100 valence electrons. The van der Waals surface area contributed by atoms with Gasteiger partial charge in [-0.3, -0.25) is 0 Å². The molecule has 0 saturated carbocycles. The summed E-state index contributed by atoms with van der Waals surface area (Å²) in [5.41, 5.74) is 4.41. The van der Waals surface area contributed by atoms with Crippen LogP contribution in [0.25, 0.3) is 0 Å². The van der Waals surface area contributed by atoms with Crippen molar-refractivity contribution in [3.05, 3.63) is 71.3 Å². The Labute approximate surface area is 117 Å². The van der Waals surface area contributed by atoms with Crippen LogP contribution in [0, 0.1) is 0 Å². The molecule has 3 heteroatoms. The summed E-state index contributed by atoms with van der Waals surface area (Å²) in [4.78, 5) is 15.8. The Morgan fingerprint density at radius 3 is 2.55 bits per heavy atom. The molecular weight excluding hydrogens is 250 g/mol. The summed E-state index contributed by atoms with van der Waals surface area (Å²) in [5.74, 6) is -0.111. The molecule has 1 atom stereocenters. The molecule has 0 aromatic heterocycles. The van der Waals surface area contributed by atoms with Crippen LogP contribution in [0.1, 0.15) is 36.0 Å². The topological polar surface area (TPSA) is 38.7 Å². The van der Waals surface area contributed by atoms with Gasteiger partial charge in [0, 0.05) is 24.8 Å². The van der Waals surface area contributed by atoms with Crippen molar-refractivity contribution in [2.24, 2.45) is 5.16 Å². The Kier molecular flexibility index (Phi) is 3.33. The smallest absolute Gasteiger partial charge is 0.318 e. The van der Waals surface area contributed by atoms with E-state index in [1.54, 1.807) is 0 Å². The number of nitrogens with zero attached hydrogens (tertiary/aromatic N) is 1. The number of hydrogen-bond acceptors (Lipinski definition) is 3. The molecule has 0 saturated heterocycles. The Balaban J connectivity index is 2.01. The molecule has 0 aliphatic heterocycles. The van der Waals surface area contributed by atoms with E-state index in [-0.39, 0.29) is 5.92 Å². The van der Waals surface area contributed by atoms with Crippen LogP contribution in [0.2, 0.25) is 0 Å². The van der Waals surface area contributed by atoms with Crippen molar-refractivity contribution in [2.75, 3.05) is 0 Å². The maximum absolute atomic E-state index is 10.9. The largest absolute Gasteiger partial charge is 0.331 e. The quantitative estimate of drug-likeness (QED) is 0.616. The molecule has 0 fully saturated rings. The minimum Gasteiger partial charge on any atom is -0.318 e. The van der Waals surface area contributed by atoms with Gasteiger partial charge in [0.25, 0.3) is 0 Å². The second kappa shape index (κ2) is 5.29. The molecule has 1 aliphatic rings. The third-order valence-corrected chi connectivity index (χ3v) is 3.53. The molecular formula is C17H15NO2. The lowest BCUT2D eigenvalue weighted by Crippen LogP contribution is -2.00. The van der Waals surface area contributed by atoms with Crippen molar-refractivity contribution in [1.29, 1.82) is 0 Å². The molecule has 0 bridgehead atoms. The number of carbonyl (C=O) groups excluding carboxylic acids is 1. The van der Waals surface area contributed by atoms with E-state index in [9.17, 15) is 4.79 Å². The third kappa shape index (κ3) is 2.35. The van der Waals surface area contributed by atoms with Crippen LogP contribution in [0.15, 0.2) is 59.8 Å². The lowest BCUT2D eigenvalue weighted by molar-refractivity contribution is -0.140. The predicted octanol–water partition coefficient (Wildman–Crippen LogP) is 3.49. The Hall–Kier alpha value is -2.42. The molecule has 0 amide bonds. The van der Waals surface area contributed by atoms with E-state index in [4.69, 9.17) is 4.84 Å². The summed E-state index contributed by atoms with van der Waals surface area (Å²) in [6.45, 7) is 1.36. The third-order valence-electron chi connectivity index (χ3n) is 3.53. The second-order valence-electron chi connectivity index (χ2n) is 4.88. The zero-order valence-electron chi connectivity index (χ0n) is 11.2. The van der Waals surface area contributed by atoms with E-state index in [2.05, 4.69) is 23.4 Å². The highest BCUT2D eigenvalue weighted by Crippen LogP contribution is 2.38. The first-order valence-electron chi connectivity index (χ1n) is 6.64. The average Bonchev–Trinajstić information content (AvgIpc) is 2.85. The summed E-state index contributed by atoms with van der Waals surface area (Å²) in [6.07, 6.45) is 0.761. The monoisotopic (exact) mass is 265 g/mol. The predicted molar refractivity (Wildman–Crippen MR) is 77.6 cm³/mol. The van der Waals surface area contributed by atoms with E-state index in [1.165, 1.54) is 18.1 Å². The van der Waals surface area contributed by atoms with Crippen LogP contribution in [-0.4, -0.2) is 11.7 Å². The van der Waals surface area contributed by atoms with E-state index in [1.807, 2.05) is 36.4 Å². The van der Waals surface area contributed by atoms with Gasteiger partial charge < -0.3 is 4.84 Å². The van der Waals surface area contributed by atoms with Gasteiger partial charge in [0.1, 0.15) is 0 Å². The number of fused-ring (bicyclic) bond motifs is 1. The lowest BCUT2D eigenvalue weighted by Gasteiger charge is -2.10. The van der Waals surface area contributed by atoms with Crippen molar-refractivity contribution < 1.29 is 9.63 Å². The highest BCUT2D eigenvalue weighted by atomic mass is 16.7. The SMILES string of the molecule is CC(=O)O/N=C1/CC(c2ccccc2)c2ccccc21. The van der Waals surface area contributed by atoms with Crippen molar-refractivity contribution in [1.82, 2.24) is 0 Å². The van der Waals surface area contributed by atoms with Crippen molar-refractivity contribution in [2.45, 2.75) is 19.3 Å². The molecule has 20 heavy (non-hydrogen) atoms. The molecule has 1 unspecified atom stereocenters. The number of oxime groups is 1. The number of hydrogen-bond donors (Lipinski definition) is 0. The van der Waals surface area contributed by atoms with Crippen LogP contribution < -0.4 is 0 Å². The first kappa shape index (κ1) is 12.6. The summed E-state index contributed by atoms with van der Waals surface area (Å²) in [6, 6.07) is 18.5. The normalized spacial score (nSPS) is 18.9. The highest BCUT2D eigenvalue weighted by Gasteiger charge is 2.29. The van der Waals surface area contributed by atoms with Crippen LogP contribution >= 0.6 is 0 Å². The zero-order valence-corrected chi connectivity index (χ0v) is 11.2. The average molecular weight is 265 g/mol. The fraction of sp³-hybridized carbons (Fsp3) is 0.176. The van der Waals surface area contributed by atoms with Gasteiger partial charge in [0.2, 0.25) is 0 Å². The van der Waals surface area contributed by atoms with Crippen LogP contribution in [0.3, 0.4) is 0 Å². The molecule has 0 heterocycles. The van der Waals surface area contributed by atoms with Crippen molar-refractivity contribution in [3.63, 3.8) is 0 Å². The Morgan fingerprint density at radius 2 is 1.80 bits per heavy atom. The minimum atomic E-state index is -0.391. The number of benzene rings is 2. The van der Waals surface area contributed by atoms with Gasteiger partial charge in [-0.25, -0.2) is 4.79 Å². The van der Waals surface area contributed by atoms with E-state index in [0.717, 1.165) is 17.7 Å². The molecule has 3 rings (SSSR count). The molecule has 0 radical (unpaired) electrons. The lowest BCUT2D eigenvalue weighted by atomic mass is 9.93. The minimum absolute atomic E-state index is 0.279. The van der Waals surface area contributed by atoms with Crippen molar-refractivity contribution >= 4 is 11.7 Å². The molecule has 0 spiro atoms. The maximum atomic E-state index is 10.9. The van der Waals surface area contributed by atoms with Gasteiger partial charge in [-0.05, 0) is 11.1 Å². The molecule has 0 N–H and O–H groups in total. The Morgan fingerprint density at radius 1 is 1.10 bits per heavy atom. The van der Waals surface area contributed by atoms with E-state index >= 15 is 0 Å². The fourth-order valence-electron chi connectivity index (χ4n) is 2.67. The second-order valence-corrected chi connectivity index (χ2v) is 4.88. The summed E-state index contributed by atoms with van der Waals surface area (Å²) < 4.78 is 0. The van der Waals surface area contributed by atoms with E-state index < -0.39 is 5.97 Å². The van der Waals surface area contributed by atoms with Crippen LogP contribution in [0.5, 0.6) is 0 Å². The van der Waals surface area contributed by atoms with Crippen molar-refractivity contribution in [3.8, 4) is 0 Å². The summed E-state index contributed by atoms with van der Waals surface area (Å²) in [5, 5.41) is 4.01. The van der Waals surface area contributed by atoms with Gasteiger partial charge in [-0.2, -0.15) is 0 Å². The number of carbonyl (C=O) groups is 1. The number of rotatable bonds is 2. The van der Waals surface area contributed by atoms with Crippen LogP contribution in [-0.2, 0) is 9.63 Å². The van der Waals surface area contributed by atoms with Gasteiger partial charge in [0.15, 0.2) is 0 Å². The summed E-state index contributed by atoms with van der Waals surface area (Å²) >= 11 is 0. The van der Waals surface area contributed by atoms with Gasteiger partial charge in [-0.1, -0.05) is 59.8 Å². The summed E-state index contributed by atoms with van der Waals surface area (Å²) in [7, 11) is 0. The molecule has 2 aromatic carbocycles. The van der Waals surface area contributed by atoms with Gasteiger partial charge in [0.05, 0.1) is 5.71 Å². The van der Waals surface area contributed by atoms with E-state index in [0.29, 0.717) is 0 Å². The Bertz CT molecular complexity index is 662. The standard InChI is InChI=1S/C17H15NO2/c1-12(19)20-18-17-11-16(13-7-3-2-4-8-13)14-9-5-6-10-15(14)17/h2-10,16H,11H2,1H3/b18-17-. The first-order valence-corrected chi connectivity index (χ1v) is 6.64. The fourth-order valence-corrected chi connectivity index (χ4v) is 2.67. The molecule has 3 nitrogen and oxygen atoms in total. The highest BCUT2D eigenvalue weighted by molar-refractivity contribution is 6.05. The van der Waals surface area contributed by atoms with Gasteiger partial charge >= 0.3 is 5.97 Å². The van der Waals surface area contributed by atoms with Gasteiger partial charge in [-0.15, -0.1) is 0 Å². The van der Waals surface area contributed by atoms with Crippen LogP contribution in [0.4, 0.5) is 0 Å². The maximum Gasteiger partial charge on any atom is 0.331 e. The molecule has 2 aromatic rings. The zero-order chi connectivity index (χ0) is 13.9.